The third kappa shape index (κ3) is 5.51. The fourth-order valence-corrected chi connectivity index (χ4v) is 7.91. The highest BCUT2D eigenvalue weighted by Crippen LogP contribution is 2.41. The van der Waals surface area contributed by atoms with Gasteiger partial charge < -0.3 is 26.2 Å². The molecule has 1 saturated heterocycles. The number of carbonyl (C=O) groups excluding carboxylic acids is 1. The van der Waals surface area contributed by atoms with Crippen LogP contribution in [0.5, 0.6) is 0 Å². The third-order valence-electron chi connectivity index (χ3n) is 8.42. The first-order valence-electron chi connectivity index (χ1n) is 13.7. The van der Waals surface area contributed by atoms with Gasteiger partial charge in [0.05, 0.1) is 4.90 Å². The molecule has 1 aliphatic carbocycles. The molecule has 4 atom stereocenters. The van der Waals surface area contributed by atoms with E-state index in [0.717, 1.165) is 31.1 Å². The van der Waals surface area contributed by atoms with Crippen LogP contribution in [0.25, 0.3) is 10.8 Å². The molecule has 6 N–H and O–H groups in total. The lowest BCUT2D eigenvalue weighted by Crippen LogP contribution is -2.65. The standard InChI is InChI=1S/C30H34N4O6S/c31-27(32)23-11-5-6-19(14-23)17-30(33,41(38,39)25-13-12-20-7-1-2-8-21(20)15-25)28(35)34-18-24-10-4-3-9-22(24)16-26(34)40-29(36)37/h1-2,5-8,11-15,22,24,26H,3-4,9-10,16-18,33H2,(H3,31,32)(H,36,37)/t22?,24?,26?,30-/m1/s1. The van der Waals surface area contributed by atoms with Gasteiger partial charge in [-0.25, -0.2) is 13.2 Å². The summed E-state index contributed by atoms with van der Waals surface area (Å²) in [5.41, 5.74) is 13.2. The Bertz CT molecular complexity index is 1610. The molecule has 10 nitrogen and oxygen atoms in total. The van der Waals surface area contributed by atoms with Gasteiger partial charge in [-0.05, 0) is 59.2 Å². The highest BCUT2D eigenvalue weighted by atomic mass is 32.2. The van der Waals surface area contributed by atoms with Crippen LogP contribution in [0.4, 0.5) is 4.79 Å². The van der Waals surface area contributed by atoms with Crippen molar-refractivity contribution >= 4 is 38.5 Å². The SMILES string of the molecule is N=C(N)c1cccc(C[C@](N)(C(=O)N2CC3CCCCC3CC2OC(=O)O)S(=O)(=O)c2ccc3ccccc3c2)c1. The number of nitrogen functional groups attached to an aromatic ring is 1. The summed E-state index contributed by atoms with van der Waals surface area (Å²) in [7, 11) is -4.55. The monoisotopic (exact) mass is 578 g/mol. The summed E-state index contributed by atoms with van der Waals surface area (Å²) in [6, 6.07) is 18.2. The van der Waals surface area contributed by atoms with Crippen LogP contribution in [0, 0.1) is 17.2 Å². The second kappa shape index (κ2) is 11.1. The van der Waals surface area contributed by atoms with Gasteiger partial charge in [-0.15, -0.1) is 0 Å². The number of carbonyl (C=O) groups is 2. The first-order valence-corrected chi connectivity index (χ1v) is 15.1. The minimum atomic E-state index is -4.55. The summed E-state index contributed by atoms with van der Waals surface area (Å²) in [6.45, 7) is 0.154. The molecule has 216 valence electrons. The summed E-state index contributed by atoms with van der Waals surface area (Å²) in [4.78, 5) is 24.7. The molecule has 2 aliphatic rings. The van der Waals surface area contributed by atoms with Crippen molar-refractivity contribution in [1.82, 2.24) is 4.90 Å². The molecule has 0 spiro atoms. The maximum atomic E-state index is 14.5. The Hall–Kier alpha value is -3.96. The summed E-state index contributed by atoms with van der Waals surface area (Å²) in [6.07, 6.45) is 0.902. The Kier molecular flexibility index (Phi) is 7.76. The average Bonchev–Trinajstić information content (AvgIpc) is 2.95. The number of amides is 1. The molecule has 3 unspecified atom stereocenters. The lowest BCUT2D eigenvalue weighted by Gasteiger charge is -2.47. The summed E-state index contributed by atoms with van der Waals surface area (Å²) in [5, 5.41) is 18.8. The lowest BCUT2D eigenvalue weighted by molar-refractivity contribution is -0.156. The number of fused-ring (bicyclic) bond motifs is 2. The Morgan fingerprint density at radius 2 is 1.71 bits per heavy atom. The number of nitrogens with zero attached hydrogens (tertiary/aromatic N) is 1. The Labute approximate surface area is 238 Å². The number of rotatable bonds is 7. The van der Waals surface area contributed by atoms with Crippen LogP contribution in [0.2, 0.25) is 0 Å². The minimum Gasteiger partial charge on any atom is -0.450 e. The van der Waals surface area contributed by atoms with Crippen molar-refractivity contribution in [1.29, 1.82) is 5.41 Å². The number of hydrogen-bond acceptors (Lipinski definition) is 7. The minimum absolute atomic E-state index is 0.0926. The van der Waals surface area contributed by atoms with E-state index < -0.39 is 39.4 Å². The molecular formula is C30H34N4O6S. The highest BCUT2D eigenvalue weighted by molar-refractivity contribution is 7.93. The number of amidine groups is 1. The molecule has 5 rings (SSSR count). The number of carboxylic acid groups (broad SMARTS) is 1. The molecule has 0 aromatic heterocycles. The van der Waals surface area contributed by atoms with E-state index in [-0.39, 0.29) is 35.5 Å². The molecule has 1 aliphatic heterocycles. The molecule has 2 fully saturated rings. The highest BCUT2D eigenvalue weighted by Gasteiger charge is 2.53. The van der Waals surface area contributed by atoms with Crippen LogP contribution >= 0.6 is 0 Å². The number of sulfone groups is 1. The quantitative estimate of drug-likeness (QED) is 0.186. The second-order valence-corrected chi connectivity index (χ2v) is 13.2. The largest absolute Gasteiger partial charge is 0.507 e. The van der Waals surface area contributed by atoms with Gasteiger partial charge in [0.25, 0.3) is 5.91 Å². The van der Waals surface area contributed by atoms with Gasteiger partial charge in [-0.3, -0.25) is 10.2 Å². The van der Waals surface area contributed by atoms with E-state index in [1.165, 1.54) is 23.1 Å². The van der Waals surface area contributed by atoms with Crippen LogP contribution in [0.1, 0.15) is 43.2 Å². The zero-order valence-corrected chi connectivity index (χ0v) is 23.3. The molecule has 0 bridgehead atoms. The first-order chi connectivity index (χ1) is 19.5. The third-order valence-corrected chi connectivity index (χ3v) is 10.6. The van der Waals surface area contributed by atoms with E-state index in [1.807, 2.05) is 12.1 Å². The maximum absolute atomic E-state index is 14.5. The zero-order valence-electron chi connectivity index (χ0n) is 22.5. The molecule has 3 aromatic rings. The van der Waals surface area contributed by atoms with Crippen LogP contribution in [0.15, 0.2) is 71.6 Å². The van der Waals surface area contributed by atoms with Gasteiger partial charge in [0, 0.05) is 24.9 Å². The van der Waals surface area contributed by atoms with Crippen molar-refractivity contribution in [3.8, 4) is 0 Å². The number of hydrogen-bond donors (Lipinski definition) is 4. The number of nitrogens with two attached hydrogens (primary N) is 2. The van der Waals surface area contributed by atoms with Gasteiger partial charge in [-0.1, -0.05) is 61.4 Å². The van der Waals surface area contributed by atoms with E-state index in [2.05, 4.69) is 0 Å². The van der Waals surface area contributed by atoms with Gasteiger partial charge in [0.15, 0.2) is 6.23 Å². The summed E-state index contributed by atoms with van der Waals surface area (Å²) in [5.74, 6) is -0.870. The van der Waals surface area contributed by atoms with E-state index >= 15 is 0 Å². The summed E-state index contributed by atoms with van der Waals surface area (Å²) >= 11 is 0. The van der Waals surface area contributed by atoms with Gasteiger partial charge >= 0.3 is 6.16 Å². The number of ether oxygens (including phenoxy) is 1. The van der Waals surface area contributed by atoms with Crippen molar-refractivity contribution in [3.63, 3.8) is 0 Å². The fourth-order valence-electron chi connectivity index (χ4n) is 6.26. The van der Waals surface area contributed by atoms with E-state index in [0.29, 0.717) is 16.5 Å². The van der Waals surface area contributed by atoms with Crippen molar-refractivity contribution < 1.29 is 27.9 Å². The number of likely N-dealkylation sites (tertiary alicyclic amines) is 1. The molecule has 41 heavy (non-hydrogen) atoms. The molecule has 11 heteroatoms. The van der Waals surface area contributed by atoms with Crippen LogP contribution in [0.3, 0.4) is 0 Å². The maximum Gasteiger partial charge on any atom is 0.507 e. The van der Waals surface area contributed by atoms with E-state index in [9.17, 15) is 23.1 Å². The van der Waals surface area contributed by atoms with Crippen molar-refractivity contribution in [2.24, 2.45) is 23.3 Å². The van der Waals surface area contributed by atoms with Crippen LogP contribution in [-0.2, 0) is 25.8 Å². The molecular weight excluding hydrogens is 544 g/mol. The van der Waals surface area contributed by atoms with Crippen LogP contribution < -0.4 is 11.5 Å². The Morgan fingerprint density at radius 3 is 2.41 bits per heavy atom. The molecule has 3 aromatic carbocycles. The molecule has 0 radical (unpaired) electrons. The van der Waals surface area contributed by atoms with Gasteiger partial charge in [-0.2, -0.15) is 0 Å². The predicted octanol–water partition coefficient (Wildman–Crippen LogP) is 3.85. The van der Waals surface area contributed by atoms with Crippen molar-refractivity contribution in [2.45, 2.75) is 54.5 Å². The first kappa shape index (κ1) is 28.6. The lowest BCUT2D eigenvalue weighted by atomic mass is 9.74. The number of nitrogens with one attached hydrogen (secondary N) is 1. The number of piperidine rings is 1. The predicted molar refractivity (Wildman–Crippen MR) is 154 cm³/mol. The second-order valence-electron chi connectivity index (χ2n) is 11.0. The molecule has 1 saturated carbocycles. The van der Waals surface area contributed by atoms with Crippen LogP contribution in [-0.4, -0.2) is 54.0 Å². The average molecular weight is 579 g/mol. The number of benzene rings is 3. The smallest absolute Gasteiger partial charge is 0.450 e. The molecule has 1 heterocycles. The molecule has 1 amide bonds. The van der Waals surface area contributed by atoms with E-state index in [1.54, 1.807) is 36.4 Å². The Balaban J connectivity index is 1.61. The van der Waals surface area contributed by atoms with Gasteiger partial charge in [0.1, 0.15) is 5.84 Å². The van der Waals surface area contributed by atoms with Crippen molar-refractivity contribution in [2.75, 3.05) is 6.54 Å². The fraction of sp³-hybridized carbons (Fsp3) is 0.367. The Morgan fingerprint density at radius 1 is 1.00 bits per heavy atom. The van der Waals surface area contributed by atoms with E-state index in [4.69, 9.17) is 21.6 Å². The normalized spacial score (nSPS) is 22.4. The zero-order chi connectivity index (χ0) is 29.4. The topological polar surface area (TPSA) is 177 Å². The van der Waals surface area contributed by atoms with Gasteiger partial charge in [0.2, 0.25) is 14.7 Å². The van der Waals surface area contributed by atoms with Crippen molar-refractivity contribution in [3.05, 3.63) is 77.9 Å². The summed E-state index contributed by atoms with van der Waals surface area (Å²) < 4.78 is 34.0.